The van der Waals surface area contributed by atoms with Gasteiger partial charge >= 0.3 is 0 Å². The molecule has 0 radical (unpaired) electrons. The van der Waals surface area contributed by atoms with Gasteiger partial charge in [-0.2, -0.15) is 0 Å². The molecule has 0 bridgehead atoms. The predicted octanol–water partition coefficient (Wildman–Crippen LogP) is 3.63. The Hall–Kier alpha value is -2.84. The van der Waals surface area contributed by atoms with Gasteiger partial charge in [0.25, 0.3) is 5.91 Å². The van der Waals surface area contributed by atoms with Crippen LogP contribution < -0.4 is 10.1 Å². The number of para-hydroxylation sites is 2. The number of anilines is 1. The zero-order valence-corrected chi connectivity index (χ0v) is 16.7. The Morgan fingerprint density at radius 1 is 1.29 bits per heavy atom. The van der Waals surface area contributed by atoms with E-state index in [1.807, 2.05) is 24.3 Å². The summed E-state index contributed by atoms with van der Waals surface area (Å²) in [7, 11) is 1.58. The number of amides is 2. The van der Waals surface area contributed by atoms with Crippen molar-refractivity contribution in [2.75, 3.05) is 19.0 Å². The summed E-state index contributed by atoms with van der Waals surface area (Å²) in [5.74, 6) is 0.147. The van der Waals surface area contributed by atoms with Gasteiger partial charge in [0.1, 0.15) is 15.8 Å². The Morgan fingerprint density at radius 3 is 2.82 bits per heavy atom. The number of methoxy groups -OCH3 is 1. The van der Waals surface area contributed by atoms with E-state index >= 15 is 0 Å². The zero-order valence-electron chi connectivity index (χ0n) is 15.0. The SMILES string of the molecule is COc1cccc(/C=C2\SC(=S)N(CCC(=O)Nc3ccccc3O)C2=O)c1. The highest BCUT2D eigenvalue weighted by molar-refractivity contribution is 8.26. The van der Waals surface area contributed by atoms with Crippen molar-refractivity contribution in [3.63, 3.8) is 0 Å². The first-order valence-electron chi connectivity index (χ1n) is 8.45. The van der Waals surface area contributed by atoms with Crippen molar-refractivity contribution >= 4 is 51.9 Å². The molecule has 1 aliphatic rings. The molecule has 28 heavy (non-hydrogen) atoms. The van der Waals surface area contributed by atoms with Crippen molar-refractivity contribution in [3.05, 3.63) is 59.0 Å². The molecular weight excluding hydrogens is 396 g/mol. The Kier molecular flexibility index (Phi) is 6.33. The van der Waals surface area contributed by atoms with Crippen LogP contribution in [0.3, 0.4) is 0 Å². The van der Waals surface area contributed by atoms with Gasteiger partial charge in [0.2, 0.25) is 5.91 Å². The van der Waals surface area contributed by atoms with Gasteiger partial charge in [0.15, 0.2) is 0 Å². The number of thiocarbonyl (C=S) groups is 1. The summed E-state index contributed by atoms with van der Waals surface area (Å²) in [6, 6.07) is 13.8. The number of hydrogen-bond donors (Lipinski definition) is 2. The minimum atomic E-state index is -0.313. The Morgan fingerprint density at radius 2 is 2.07 bits per heavy atom. The van der Waals surface area contributed by atoms with Crippen molar-refractivity contribution in [1.29, 1.82) is 0 Å². The summed E-state index contributed by atoms with van der Waals surface area (Å²) in [6.07, 6.45) is 1.82. The molecular formula is C20H18N2O4S2. The summed E-state index contributed by atoms with van der Waals surface area (Å²) >= 11 is 6.50. The third-order valence-corrected chi connectivity index (χ3v) is 5.38. The highest BCUT2D eigenvalue weighted by Crippen LogP contribution is 2.33. The molecule has 1 fully saturated rings. The van der Waals surface area contributed by atoms with E-state index in [-0.39, 0.29) is 30.5 Å². The summed E-state index contributed by atoms with van der Waals surface area (Å²) in [5.41, 5.74) is 1.16. The lowest BCUT2D eigenvalue weighted by Crippen LogP contribution is -2.31. The van der Waals surface area contributed by atoms with Crippen molar-refractivity contribution in [1.82, 2.24) is 4.90 Å². The van der Waals surface area contributed by atoms with Gasteiger partial charge in [-0.1, -0.05) is 48.2 Å². The van der Waals surface area contributed by atoms with E-state index < -0.39 is 0 Å². The number of carbonyl (C=O) groups excluding carboxylic acids is 2. The molecule has 144 valence electrons. The molecule has 6 nitrogen and oxygen atoms in total. The molecule has 0 aromatic heterocycles. The molecule has 0 aliphatic carbocycles. The fourth-order valence-electron chi connectivity index (χ4n) is 2.58. The summed E-state index contributed by atoms with van der Waals surface area (Å²) in [5, 5.41) is 12.3. The largest absolute Gasteiger partial charge is 0.506 e. The number of nitrogens with zero attached hydrogens (tertiary/aromatic N) is 1. The van der Waals surface area contributed by atoms with Crippen LogP contribution in [-0.2, 0) is 9.59 Å². The average Bonchev–Trinajstić information content (AvgIpc) is 2.95. The molecule has 1 aliphatic heterocycles. The number of nitrogens with one attached hydrogen (secondary N) is 1. The quantitative estimate of drug-likeness (QED) is 0.427. The van der Waals surface area contributed by atoms with E-state index in [9.17, 15) is 14.7 Å². The number of hydrogen-bond acceptors (Lipinski definition) is 6. The number of carbonyl (C=O) groups is 2. The first-order chi connectivity index (χ1) is 13.5. The van der Waals surface area contributed by atoms with Crippen LogP contribution in [0.2, 0.25) is 0 Å². The molecule has 1 saturated heterocycles. The first-order valence-corrected chi connectivity index (χ1v) is 9.67. The molecule has 2 amide bonds. The van der Waals surface area contributed by atoms with Gasteiger partial charge in [0.05, 0.1) is 17.7 Å². The van der Waals surface area contributed by atoms with E-state index in [0.29, 0.717) is 20.7 Å². The standard InChI is InChI=1S/C20H18N2O4S2/c1-26-14-6-4-5-13(11-14)12-17-19(25)22(20(27)28-17)10-9-18(24)21-15-7-2-3-8-16(15)23/h2-8,11-12,23H,9-10H2,1H3,(H,21,24)/b17-12-. The Balaban J connectivity index is 1.63. The van der Waals surface area contributed by atoms with Crippen LogP contribution in [0.4, 0.5) is 5.69 Å². The molecule has 1 heterocycles. The van der Waals surface area contributed by atoms with Crippen molar-refractivity contribution in [3.8, 4) is 11.5 Å². The number of phenolic OH excluding ortho intramolecular Hbond substituents is 1. The molecule has 0 atom stereocenters. The molecule has 2 N–H and O–H groups in total. The molecule has 0 unspecified atom stereocenters. The van der Waals surface area contributed by atoms with Crippen molar-refractivity contribution in [2.24, 2.45) is 0 Å². The lowest BCUT2D eigenvalue weighted by Gasteiger charge is -2.14. The van der Waals surface area contributed by atoms with E-state index in [4.69, 9.17) is 17.0 Å². The van der Waals surface area contributed by atoms with E-state index in [1.54, 1.807) is 31.4 Å². The zero-order chi connectivity index (χ0) is 20.1. The maximum Gasteiger partial charge on any atom is 0.266 e. The highest BCUT2D eigenvalue weighted by Gasteiger charge is 2.32. The number of phenols is 1. The normalized spacial score (nSPS) is 15.2. The maximum absolute atomic E-state index is 12.6. The summed E-state index contributed by atoms with van der Waals surface area (Å²) in [4.78, 5) is 26.7. The second-order valence-corrected chi connectivity index (χ2v) is 7.60. The smallest absolute Gasteiger partial charge is 0.266 e. The van der Waals surface area contributed by atoms with Crippen LogP contribution in [-0.4, -0.2) is 39.8 Å². The van der Waals surface area contributed by atoms with Gasteiger partial charge in [-0.3, -0.25) is 14.5 Å². The number of thioether (sulfide) groups is 1. The molecule has 3 rings (SSSR count). The minimum Gasteiger partial charge on any atom is -0.506 e. The topological polar surface area (TPSA) is 78.9 Å². The molecule has 8 heteroatoms. The number of aromatic hydroxyl groups is 1. The first kappa shape index (κ1) is 19.9. The van der Waals surface area contributed by atoms with Gasteiger partial charge in [-0.15, -0.1) is 0 Å². The second-order valence-electron chi connectivity index (χ2n) is 5.93. The lowest BCUT2D eigenvalue weighted by molar-refractivity contribution is -0.122. The third kappa shape index (κ3) is 4.71. The van der Waals surface area contributed by atoms with Gasteiger partial charge in [-0.05, 0) is 35.9 Å². The summed E-state index contributed by atoms with van der Waals surface area (Å²) < 4.78 is 5.60. The number of benzene rings is 2. The average molecular weight is 415 g/mol. The van der Waals surface area contributed by atoms with Gasteiger partial charge in [-0.25, -0.2) is 0 Å². The fourth-order valence-corrected chi connectivity index (χ4v) is 3.89. The number of rotatable bonds is 6. The molecule has 2 aromatic carbocycles. The van der Waals surface area contributed by atoms with Crippen molar-refractivity contribution < 1.29 is 19.4 Å². The van der Waals surface area contributed by atoms with Crippen LogP contribution in [0.15, 0.2) is 53.4 Å². The van der Waals surface area contributed by atoms with E-state index in [2.05, 4.69) is 5.32 Å². The lowest BCUT2D eigenvalue weighted by atomic mass is 10.2. The molecule has 0 spiro atoms. The minimum absolute atomic E-state index is 0.0114. The predicted molar refractivity (Wildman–Crippen MR) is 114 cm³/mol. The van der Waals surface area contributed by atoms with Gasteiger partial charge < -0.3 is 15.2 Å². The van der Waals surface area contributed by atoms with Crippen LogP contribution in [0.1, 0.15) is 12.0 Å². The van der Waals surface area contributed by atoms with E-state index in [1.165, 1.54) is 22.7 Å². The van der Waals surface area contributed by atoms with Crippen molar-refractivity contribution in [2.45, 2.75) is 6.42 Å². The monoisotopic (exact) mass is 414 g/mol. The van der Waals surface area contributed by atoms with E-state index in [0.717, 1.165) is 5.56 Å². The maximum atomic E-state index is 12.6. The molecule has 2 aromatic rings. The molecule has 0 saturated carbocycles. The fraction of sp³-hybridized carbons (Fsp3) is 0.150. The van der Waals surface area contributed by atoms with Crippen LogP contribution in [0, 0.1) is 0 Å². The summed E-state index contributed by atoms with van der Waals surface area (Å²) in [6.45, 7) is 0.166. The Bertz CT molecular complexity index is 959. The second kappa shape index (κ2) is 8.90. The van der Waals surface area contributed by atoms with Gasteiger partial charge in [0, 0.05) is 13.0 Å². The highest BCUT2D eigenvalue weighted by atomic mass is 32.2. The number of ether oxygens (including phenoxy) is 1. The third-order valence-electron chi connectivity index (χ3n) is 4.01. The Labute approximate surface area is 172 Å². The van der Waals surface area contributed by atoms with Crippen LogP contribution >= 0.6 is 24.0 Å². The van der Waals surface area contributed by atoms with Crippen LogP contribution in [0.5, 0.6) is 11.5 Å². The van der Waals surface area contributed by atoms with Crippen LogP contribution in [0.25, 0.3) is 6.08 Å².